The van der Waals surface area contributed by atoms with E-state index in [1.807, 2.05) is 19.1 Å². The fourth-order valence-corrected chi connectivity index (χ4v) is 2.65. The molecule has 2 N–H and O–H groups in total. The molecular formula is C17H15NO3. The zero-order valence-corrected chi connectivity index (χ0v) is 11.6. The van der Waals surface area contributed by atoms with E-state index < -0.39 is 11.5 Å². The summed E-state index contributed by atoms with van der Waals surface area (Å²) >= 11 is 0. The van der Waals surface area contributed by atoms with Crippen molar-refractivity contribution in [3.05, 3.63) is 65.2 Å². The first kappa shape index (κ1) is 13.5. The maximum atomic E-state index is 12.3. The van der Waals surface area contributed by atoms with Gasteiger partial charge in [-0.05, 0) is 12.5 Å². The van der Waals surface area contributed by atoms with Gasteiger partial charge >= 0.3 is 0 Å². The molecular weight excluding hydrogens is 266 g/mol. The highest BCUT2D eigenvalue weighted by Crippen LogP contribution is 2.40. The molecule has 106 valence electrons. The quantitative estimate of drug-likeness (QED) is 0.849. The largest absolute Gasteiger partial charge is 0.375 e. The molecule has 1 amide bonds. The number of hydrogen-bond donors (Lipinski definition) is 2. The Labute approximate surface area is 122 Å². The molecule has 0 aliphatic carbocycles. The number of ketones is 1. The first-order valence-corrected chi connectivity index (χ1v) is 6.74. The lowest BCUT2D eigenvalue weighted by Gasteiger charge is -2.20. The minimum atomic E-state index is -1.80. The van der Waals surface area contributed by atoms with Crippen LogP contribution in [0.15, 0.2) is 48.5 Å². The SMILES string of the molecule is Cc1cccc2c1NC(=O)C2(O)CC(=O)c1ccccc1. The number of benzene rings is 2. The van der Waals surface area contributed by atoms with Gasteiger partial charge in [-0.15, -0.1) is 0 Å². The fraction of sp³-hybridized carbons (Fsp3) is 0.176. The van der Waals surface area contributed by atoms with Gasteiger partial charge in [0.1, 0.15) is 0 Å². The molecule has 0 fully saturated rings. The molecule has 0 saturated heterocycles. The van der Waals surface area contributed by atoms with Crippen LogP contribution < -0.4 is 5.32 Å². The first-order chi connectivity index (χ1) is 10.0. The van der Waals surface area contributed by atoms with E-state index in [0.29, 0.717) is 16.8 Å². The highest BCUT2D eigenvalue weighted by atomic mass is 16.3. The van der Waals surface area contributed by atoms with Gasteiger partial charge in [0, 0.05) is 11.1 Å². The number of anilines is 1. The van der Waals surface area contributed by atoms with Gasteiger partial charge in [-0.3, -0.25) is 9.59 Å². The van der Waals surface area contributed by atoms with Crippen LogP contribution in [0.5, 0.6) is 0 Å². The summed E-state index contributed by atoms with van der Waals surface area (Å²) in [5.74, 6) is -0.807. The van der Waals surface area contributed by atoms with Gasteiger partial charge in [0.2, 0.25) is 0 Å². The molecule has 1 aliphatic rings. The number of Topliss-reactive ketones (excluding diaryl/α,β-unsaturated/α-hetero) is 1. The Balaban J connectivity index is 1.97. The Morgan fingerprint density at radius 2 is 1.86 bits per heavy atom. The summed E-state index contributed by atoms with van der Waals surface area (Å²) in [5.41, 5.74) is 0.625. The summed E-state index contributed by atoms with van der Waals surface area (Å²) in [7, 11) is 0. The Morgan fingerprint density at radius 1 is 1.14 bits per heavy atom. The maximum absolute atomic E-state index is 12.3. The van der Waals surface area contributed by atoms with Crippen molar-refractivity contribution < 1.29 is 14.7 Å². The third-order valence-electron chi connectivity index (χ3n) is 3.84. The number of carbonyl (C=O) groups excluding carboxylic acids is 2. The number of hydrogen-bond acceptors (Lipinski definition) is 3. The van der Waals surface area contributed by atoms with Gasteiger partial charge in [-0.2, -0.15) is 0 Å². The van der Waals surface area contributed by atoms with E-state index >= 15 is 0 Å². The number of aliphatic hydroxyl groups is 1. The normalized spacial score (nSPS) is 20.0. The average Bonchev–Trinajstić information content (AvgIpc) is 2.74. The van der Waals surface area contributed by atoms with Crippen LogP contribution in [-0.4, -0.2) is 16.8 Å². The van der Waals surface area contributed by atoms with Crippen molar-refractivity contribution in [1.82, 2.24) is 0 Å². The molecule has 2 aromatic rings. The lowest BCUT2D eigenvalue weighted by molar-refractivity contribution is -0.133. The molecule has 1 unspecified atom stereocenters. The summed E-state index contributed by atoms with van der Waals surface area (Å²) in [4.78, 5) is 24.5. The summed E-state index contributed by atoms with van der Waals surface area (Å²) in [6.45, 7) is 1.85. The highest BCUT2D eigenvalue weighted by Gasteiger charge is 2.47. The van der Waals surface area contributed by atoms with Crippen molar-refractivity contribution in [2.24, 2.45) is 0 Å². The van der Waals surface area contributed by atoms with Crippen molar-refractivity contribution in [2.45, 2.75) is 18.9 Å². The third-order valence-corrected chi connectivity index (χ3v) is 3.84. The monoisotopic (exact) mass is 281 g/mol. The van der Waals surface area contributed by atoms with Gasteiger partial charge in [-0.25, -0.2) is 0 Å². The number of nitrogens with one attached hydrogen (secondary N) is 1. The van der Waals surface area contributed by atoms with Crippen LogP contribution in [0.1, 0.15) is 27.9 Å². The fourth-order valence-electron chi connectivity index (χ4n) is 2.65. The molecule has 0 saturated carbocycles. The third kappa shape index (κ3) is 2.14. The standard InChI is InChI=1S/C17H15NO3/c1-11-6-5-9-13-15(11)18-16(20)17(13,21)10-14(19)12-7-3-2-4-8-12/h2-9,21H,10H2,1H3,(H,18,20). The zero-order chi connectivity index (χ0) is 15.0. The van der Waals surface area contributed by atoms with Crippen LogP contribution in [0.3, 0.4) is 0 Å². The summed E-state index contributed by atoms with van der Waals surface area (Å²) in [6, 6.07) is 14.0. The number of rotatable bonds is 3. The smallest absolute Gasteiger partial charge is 0.261 e. The van der Waals surface area contributed by atoms with E-state index in [9.17, 15) is 14.7 Å². The van der Waals surface area contributed by atoms with E-state index in [1.54, 1.807) is 36.4 Å². The Bertz CT molecular complexity index is 724. The predicted molar refractivity (Wildman–Crippen MR) is 79.1 cm³/mol. The van der Waals surface area contributed by atoms with Crippen molar-refractivity contribution in [2.75, 3.05) is 5.32 Å². The topological polar surface area (TPSA) is 66.4 Å². The van der Waals surface area contributed by atoms with Gasteiger partial charge < -0.3 is 10.4 Å². The van der Waals surface area contributed by atoms with Crippen molar-refractivity contribution in [3.63, 3.8) is 0 Å². The highest BCUT2D eigenvalue weighted by molar-refractivity contribution is 6.09. The first-order valence-electron chi connectivity index (χ1n) is 6.74. The van der Waals surface area contributed by atoms with Gasteiger partial charge in [0.25, 0.3) is 5.91 Å². The van der Waals surface area contributed by atoms with Crippen molar-refractivity contribution in [3.8, 4) is 0 Å². The molecule has 0 bridgehead atoms. The number of amides is 1. The summed E-state index contributed by atoms with van der Waals surface area (Å²) < 4.78 is 0. The Kier molecular flexibility index (Phi) is 3.11. The molecule has 21 heavy (non-hydrogen) atoms. The number of carbonyl (C=O) groups is 2. The molecule has 3 rings (SSSR count). The maximum Gasteiger partial charge on any atom is 0.261 e. The van der Waals surface area contributed by atoms with Crippen molar-refractivity contribution in [1.29, 1.82) is 0 Å². The summed E-state index contributed by atoms with van der Waals surface area (Å²) in [5, 5.41) is 13.4. The second kappa shape index (κ2) is 4.82. The van der Waals surface area contributed by atoms with Crippen LogP contribution >= 0.6 is 0 Å². The number of aryl methyl sites for hydroxylation is 1. The van der Waals surface area contributed by atoms with E-state index in [2.05, 4.69) is 5.32 Å². The predicted octanol–water partition coefficient (Wildman–Crippen LogP) is 2.41. The second-order valence-corrected chi connectivity index (χ2v) is 5.28. The van der Waals surface area contributed by atoms with Gasteiger partial charge in [0.15, 0.2) is 11.4 Å². The van der Waals surface area contributed by atoms with Gasteiger partial charge in [-0.1, -0.05) is 48.5 Å². The van der Waals surface area contributed by atoms with Gasteiger partial charge in [0.05, 0.1) is 12.1 Å². The Morgan fingerprint density at radius 3 is 2.57 bits per heavy atom. The second-order valence-electron chi connectivity index (χ2n) is 5.28. The molecule has 4 nitrogen and oxygen atoms in total. The van der Waals surface area contributed by atoms with Crippen LogP contribution in [0, 0.1) is 6.92 Å². The molecule has 1 aliphatic heterocycles. The van der Waals surface area contributed by atoms with Crippen LogP contribution in [-0.2, 0) is 10.4 Å². The Hall–Kier alpha value is -2.46. The van der Waals surface area contributed by atoms with Crippen LogP contribution in [0.25, 0.3) is 0 Å². The minimum Gasteiger partial charge on any atom is -0.375 e. The lowest BCUT2D eigenvalue weighted by Crippen LogP contribution is -2.36. The molecule has 2 aromatic carbocycles. The molecule has 4 heteroatoms. The number of para-hydroxylation sites is 1. The molecule has 1 heterocycles. The average molecular weight is 281 g/mol. The molecule has 0 spiro atoms. The van der Waals surface area contributed by atoms with Crippen LogP contribution in [0.2, 0.25) is 0 Å². The number of fused-ring (bicyclic) bond motifs is 1. The van der Waals surface area contributed by atoms with Crippen molar-refractivity contribution >= 4 is 17.4 Å². The van der Waals surface area contributed by atoms with E-state index in [-0.39, 0.29) is 12.2 Å². The molecule has 1 atom stereocenters. The lowest BCUT2D eigenvalue weighted by atomic mass is 9.87. The van der Waals surface area contributed by atoms with E-state index in [4.69, 9.17) is 0 Å². The van der Waals surface area contributed by atoms with Crippen LogP contribution in [0.4, 0.5) is 5.69 Å². The zero-order valence-electron chi connectivity index (χ0n) is 11.6. The van der Waals surface area contributed by atoms with E-state index in [0.717, 1.165) is 5.56 Å². The molecule has 0 aromatic heterocycles. The minimum absolute atomic E-state index is 0.261. The summed E-state index contributed by atoms with van der Waals surface area (Å²) in [6.07, 6.45) is -0.265. The molecule has 0 radical (unpaired) electrons. The van der Waals surface area contributed by atoms with E-state index in [1.165, 1.54) is 0 Å².